The summed E-state index contributed by atoms with van der Waals surface area (Å²) in [6.45, 7) is 2.10. The number of halogens is 1. The summed E-state index contributed by atoms with van der Waals surface area (Å²) >= 11 is 7.67. The van der Waals surface area contributed by atoms with E-state index in [-0.39, 0.29) is 6.04 Å². The molecule has 0 aliphatic carbocycles. The molecule has 0 fully saturated rings. The highest BCUT2D eigenvalue weighted by atomic mass is 35.5. The van der Waals surface area contributed by atoms with Crippen molar-refractivity contribution in [3.8, 4) is 0 Å². The number of rotatable bonds is 2. The van der Waals surface area contributed by atoms with E-state index in [2.05, 4.69) is 13.0 Å². The van der Waals surface area contributed by atoms with Gasteiger partial charge in [-0.05, 0) is 36.1 Å². The largest absolute Gasteiger partial charge is 0.323 e. The molecule has 0 radical (unpaired) electrons. The minimum atomic E-state index is 0.158. The third-order valence-electron chi connectivity index (χ3n) is 2.30. The first-order valence-electron chi connectivity index (χ1n) is 4.65. The Morgan fingerprint density at radius 2 is 2.21 bits per heavy atom. The number of hydrogen-bond acceptors (Lipinski definition) is 2. The van der Waals surface area contributed by atoms with E-state index in [1.54, 1.807) is 11.3 Å². The van der Waals surface area contributed by atoms with Crippen LogP contribution in [0.15, 0.2) is 24.3 Å². The van der Waals surface area contributed by atoms with E-state index in [1.807, 2.05) is 18.2 Å². The van der Waals surface area contributed by atoms with Gasteiger partial charge in [0, 0.05) is 20.6 Å². The summed E-state index contributed by atoms with van der Waals surface area (Å²) in [6, 6.07) is 8.25. The lowest BCUT2D eigenvalue weighted by molar-refractivity contribution is 0.712. The third kappa shape index (κ3) is 1.78. The number of thiophene rings is 1. The first kappa shape index (κ1) is 9.97. The maximum Gasteiger partial charge on any atom is 0.0412 e. The summed E-state index contributed by atoms with van der Waals surface area (Å²) in [6.07, 6.45) is 0.973. The van der Waals surface area contributed by atoms with Crippen molar-refractivity contribution in [2.75, 3.05) is 0 Å². The number of benzene rings is 1. The Labute approximate surface area is 92.5 Å². The van der Waals surface area contributed by atoms with Crippen molar-refractivity contribution in [1.82, 2.24) is 0 Å². The predicted octanol–water partition coefficient (Wildman–Crippen LogP) is 3.96. The van der Waals surface area contributed by atoms with Crippen LogP contribution in [0.3, 0.4) is 0 Å². The molecule has 2 N–H and O–H groups in total. The van der Waals surface area contributed by atoms with Gasteiger partial charge in [0.25, 0.3) is 0 Å². The molecule has 3 heteroatoms. The minimum Gasteiger partial charge on any atom is -0.323 e. The number of hydrogen-bond donors (Lipinski definition) is 1. The molecular weight excluding hydrogens is 214 g/mol. The van der Waals surface area contributed by atoms with Crippen molar-refractivity contribution >= 4 is 33.0 Å². The quantitative estimate of drug-likeness (QED) is 0.823. The van der Waals surface area contributed by atoms with Crippen molar-refractivity contribution in [2.45, 2.75) is 19.4 Å². The van der Waals surface area contributed by atoms with Crippen LogP contribution >= 0.6 is 22.9 Å². The second-order valence-electron chi connectivity index (χ2n) is 3.35. The lowest BCUT2D eigenvalue weighted by atomic mass is 10.2. The van der Waals surface area contributed by atoms with Crippen molar-refractivity contribution in [2.24, 2.45) is 5.73 Å². The van der Waals surface area contributed by atoms with Gasteiger partial charge in [-0.2, -0.15) is 0 Å². The molecular formula is C11H12ClNS. The molecule has 0 aliphatic rings. The van der Waals surface area contributed by atoms with Crippen LogP contribution in [0.5, 0.6) is 0 Å². The number of nitrogens with two attached hydrogens (primary N) is 1. The van der Waals surface area contributed by atoms with E-state index in [0.29, 0.717) is 0 Å². The highest BCUT2D eigenvalue weighted by Gasteiger charge is 2.07. The average Bonchev–Trinajstić information content (AvgIpc) is 2.59. The maximum atomic E-state index is 5.97. The summed E-state index contributed by atoms with van der Waals surface area (Å²) in [5.74, 6) is 0. The molecule has 0 unspecified atom stereocenters. The van der Waals surface area contributed by atoms with Crippen LogP contribution in [0.4, 0.5) is 0 Å². The predicted molar refractivity (Wildman–Crippen MR) is 64.1 cm³/mol. The van der Waals surface area contributed by atoms with Crippen molar-refractivity contribution in [3.63, 3.8) is 0 Å². The summed E-state index contributed by atoms with van der Waals surface area (Å²) in [5, 5.41) is 1.98. The topological polar surface area (TPSA) is 26.0 Å². The molecule has 1 atom stereocenters. The molecule has 0 bridgehead atoms. The molecule has 2 aromatic rings. The van der Waals surface area contributed by atoms with Crippen LogP contribution in [0, 0.1) is 0 Å². The molecule has 14 heavy (non-hydrogen) atoms. The van der Waals surface area contributed by atoms with Crippen LogP contribution in [-0.4, -0.2) is 0 Å². The van der Waals surface area contributed by atoms with Gasteiger partial charge in [-0.1, -0.05) is 18.5 Å². The molecule has 1 aromatic carbocycles. The molecule has 1 aromatic heterocycles. The van der Waals surface area contributed by atoms with Gasteiger partial charge in [-0.3, -0.25) is 0 Å². The summed E-state index contributed by atoms with van der Waals surface area (Å²) in [4.78, 5) is 1.24. The fourth-order valence-electron chi connectivity index (χ4n) is 1.42. The average molecular weight is 226 g/mol. The highest BCUT2D eigenvalue weighted by molar-refractivity contribution is 7.19. The summed E-state index contributed by atoms with van der Waals surface area (Å²) in [7, 11) is 0. The van der Waals surface area contributed by atoms with E-state index in [4.69, 9.17) is 17.3 Å². The Morgan fingerprint density at radius 1 is 1.43 bits per heavy atom. The fraction of sp³-hybridized carbons (Fsp3) is 0.273. The zero-order valence-electron chi connectivity index (χ0n) is 7.96. The van der Waals surface area contributed by atoms with E-state index in [9.17, 15) is 0 Å². The first-order valence-corrected chi connectivity index (χ1v) is 5.84. The lowest BCUT2D eigenvalue weighted by Gasteiger charge is -2.02. The molecule has 1 nitrogen and oxygen atoms in total. The minimum absolute atomic E-state index is 0.158. The second kappa shape index (κ2) is 3.89. The van der Waals surface area contributed by atoms with Gasteiger partial charge in [-0.15, -0.1) is 11.3 Å². The molecule has 0 amide bonds. The van der Waals surface area contributed by atoms with E-state index in [1.165, 1.54) is 15.0 Å². The Morgan fingerprint density at radius 3 is 2.93 bits per heavy atom. The van der Waals surface area contributed by atoms with Crippen molar-refractivity contribution in [1.29, 1.82) is 0 Å². The molecule has 2 rings (SSSR count). The zero-order valence-corrected chi connectivity index (χ0v) is 9.53. The molecule has 0 spiro atoms. The first-order chi connectivity index (χ1) is 6.70. The van der Waals surface area contributed by atoms with Crippen LogP contribution in [0.25, 0.3) is 10.1 Å². The molecule has 74 valence electrons. The standard InChI is InChI=1S/C11H12ClNS/c1-2-9(13)11-6-7-5-8(12)3-4-10(7)14-11/h3-6,9H,2,13H2,1H3/t9-/m1/s1. The van der Waals surface area contributed by atoms with Crippen LogP contribution in [0.2, 0.25) is 5.02 Å². The maximum absolute atomic E-state index is 5.97. The van der Waals surface area contributed by atoms with Gasteiger partial charge in [0.15, 0.2) is 0 Å². The summed E-state index contributed by atoms with van der Waals surface area (Å²) in [5.41, 5.74) is 5.97. The van der Waals surface area contributed by atoms with Gasteiger partial charge in [-0.25, -0.2) is 0 Å². The lowest BCUT2D eigenvalue weighted by Crippen LogP contribution is -2.05. The third-order valence-corrected chi connectivity index (χ3v) is 3.79. The molecule has 0 saturated heterocycles. The Hall–Kier alpha value is -0.570. The van der Waals surface area contributed by atoms with Crippen LogP contribution in [-0.2, 0) is 0 Å². The number of fused-ring (bicyclic) bond motifs is 1. The van der Waals surface area contributed by atoms with Gasteiger partial charge in [0.05, 0.1) is 0 Å². The molecule has 0 saturated carbocycles. The van der Waals surface area contributed by atoms with Crippen LogP contribution < -0.4 is 5.73 Å². The monoisotopic (exact) mass is 225 g/mol. The zero-order chi connectivity index (χ0) is 10.1. The van der Waals surface area contributed by atoms with Gasteiger partial charge in [0.2, 0.25) is 0 Å². The van der Waals surface area contributed by atoms with Gasteiger partial charge in [0.1, 0.15) is 0 Å². The smallest absolute Gasteiger partial charge is 0.0412 e. The van der Waals surface area contributed by atoms with Crippen LogP contribution in [0.1, 0.15) is 24.3 Å². The molecule has 0 aliphatic heterocycles. The summed E-state index contributed by atoms with van der Waals surface area (Å²) < 4.78 is 1.26. The van der Waals surface area contributed by atoms with Crippen molar-refractivity contribution < 1.29 is 0 Å². The van der Waals surface area contributed by atoms with E-state index < -0.39 is 0 Å². The van der Waals surface area contributed by atoms with Gasteiger partial charge < -0.3 is 5.73 Å². The second-order valence-corrected chi connectivity index (χ2v) is 4.90. The Bertz CT molecular complexity index is 449. The van der Waals surface area contributed by atoms with E-state index >= 15 is 0 Å². The van der Waals surface area contributed by atoms with Gasteiger partial charge >= 0.3 is 0 Å². The van der Waals surface area contributed by atoms with E-state index in [0.717, 1.165) is 11.4 Å². The molecule has 1 heterocycles. The fourth-order valence-corrected chi connectivity index (χ4v) is 2.73. The highest BCUT2D eigenvalue weighted by Crippen LogP contribution is 2.31. The Balaban J connectivity index is 2.51. The Kier molecular flexibility index (Phi) is 2.77. The normalized spacial score (nSPS) is 13.4. The van der Waals surface area contributed by atoms with Crippen molar-refractivity contribution in [3.05, 3.63) is 34.2 Å². The SMILES string of the molecule is CC[C@@H](N)c1cc2cc(Cl)ccc2s1.